The van der Waals surface area contributed by atoms with Gasteiger partial charge in [0.25, 0.3) is 0 Å². The van der Waals surface area contributed by atoms with Crippen molar-refractivity contribution in [1.29, 1.82) is 0 Å². The lowest BCUT2D eigenvalue weighted by Crippen LogP contribution is -2.48. The number of aliphatic imine (C=N–C) groups is 1. The predicted octanol–water partition coefficient (Wildman–Crippen LogP) is 3.34. The molecular formula is C21H27N3O2. The number of nitrogens with one attached hydrogen (secondary N) is 1. The Labute approximate surface area is 155 Å². The summed E-state index contributed by atoms with van der Waals surface area (Å²) in [5, 5.41) is 3.38. The van der Waals surface area contributed by atoms with Crippen LogP contribution < -0.4 is 5.32 Å². The molecule has 3 rings (SSSR count). The maximum absolute atomic E-state index is 6.03. The summed E-state index contributed by atoms with van der Waals surface area (Å²) in [4.78, 5) is 7.05. The van der Waals surface area contributed by atoms with Gasteiger partial charge in [-0.25, -0.2) is 0 Å². The summed E-state index contributed by atoms with van der Waals surface area (Å²) in [6.45, 7) is 9.59. The molecule has 1 aliphatic rings. The van der Waals surface area contributed by atoms with E-state index in [4.69, 9.17) is 14.1 Å². The fourth-order valence-electron chi connectivity index (χ4n) is 3.14. The van der Waals surface area contributed by atoms with E-state index < -0.39 is 0 Å². The van der Waals surface area contributed by atoms with Crippen molar-refractivity contribution in [2.75, 3.05) is 32.8 Å². The van der Waals surface area contributed by atoms with Crippen molar-refractivity contribution < 1.29 is 9.15 Å². The van der Waals surface area contributed by atoms with Crippen LogP contribution in [0.4, 0.5) is 0 Å². The highest BCUT2D eigenvalue weighted by Crippen LogP contribution is 2.25. The molecule has 0 saturated carbocycles. The Morgan fingerprint density at radius 2 is 2.23 bits per heavy atom. The summed E-state index contributed by atoms with van der Waals surface area (Å²) in [5.41, 5.74) is 2.51. The molecule has 1 aromatic heterocycles. The normalized spacial score (nSPS) is 18.0. The van der Waals surface area contributed by atoms with Crippen molar-refractivity contribution in [3.8, 4) is 0 Å². The van der Waals surface area contributed by atoms with Gasteiger partial charge in [-0.2, -0.15) is 0 Å². The molecule has 0 amide bonds. The molecule has 2 aromatic rings. The number of ether oxygens (including phenoxy) is 1. The lowest BCUT2D eigenvalue weighted by atomic mass is 10.0. The highest BCUT2D eigenvalue weighted by atomic mass is 16.5. The molecule has 5 nitrogen and oxygen atoms in total. The first-order valence-electron chi connectivity index (χ1n) is 9.11. The number of guanidine groups is 1. The maximum atomic E-state index is 6.03. The smallest absolute Gasteiger partial charge is 0.194 e. The number of aryl methyl sites for hydroxylation is 1. The first kappa shape index (κ1) is 18.3. The van der Waals surface area contributed by atoms with Gasteiger partial charge >= 0.3 is 0 Å². The fourth-order valence-corrected chi connectivity index (χ4v) is 3.14. The number of benzene rings is 1. The Morgan fingerprint density at radius 1 is 1.35 bits per heavy atom. The predicted molar refractivity (Wildman–Crippen MR) is 104 cm³/mol. The summed E-state index contributed by atoms with van der Waals surface area (Å²) in [5.74, 6) is 1.86. The van der Waals surface area contributed by atoms with Crippen LogP contribution in [-0.4, -0.2) is 43.6 Å². The summed E-state index contributed by atoms with van der Waals surface area (Å²) in [6, 6.07) is 12.3. The molecule has 0 aliphatic carbocycles. The monoisotopic (exact) mass is 353 g/mol. The molecule has 1 unspecified atom stereocenters. The largest absolute Gasteiger partial charge is 0.469 e. The minimum Gasteiger partial charge on any atom is -0.469 e. The van der Waals surface area contributed by atoms with Crippen LogP contribution >= 0.6 is 0 Å². The minimum absolute atomic E-state index is 0.0609. The third-order valence-corrected chi connectivity index (χ3v) is 4.51. The number of hydrogen-bond donors (Lipinski definition) is 1. The minimum atomic E-state index is 0.0609. The van der Waals surface area contributed by atoms with Crippen LogP contribution in [0.15, 0.2) is 64.7 Å². The third-order valence-electron chi connectivity index (χ3n) is 4.51. The first-order valence-corrected chi connectivity index (χ1v) is 9.11. The molecule has 2 heterocycles. The van der Waals surface area contributed by atoms with E-state index in [1.807, 2.05) is 18.2 Å². The molecule has 138 valence electrons. The molecule has 1 N–H and O–H groups in total. The molecule has 0 bridgehead atoms. The molecule has 1 fully saturated rings. The second-order valence-electron chi connectivity index (χ2n) is 6.37. The number of nitrogens with zero attached hydrogens (tertiary/aromatic N) is 2. The molecular weight excluding hydrogens is 326 g/mol. The summed E-state index contributed by atoms with van der Waals surface area (Å²) < 4.78 is 11.4. The molecule has 1 atom stereocenters. The van der Waals surface area contributed by atoms with Gasteiger partial charge in [-0.1, -0.05) is 30.3 Å². The highest BCUT2D eigenvalue weighted by Gasteiger charge is 2.25. The molecule has 1 aliphatic heterocycles. The Bertz CT molecular complexity index is 725. The van der Waals surface area contributed by atoms with E-state index in [-0.39, 0.29) is 6.10 Å². The topological polar surface area (TPSA) is 50.0 Å². The Kier molecular flexibility index (Phi) is 6.50. The number of hydrogen-bond acceptors (Lipinski definition) is 3. The number of morpholine rings is 1. The number of rotatable bonds is 6. The third kappa shape index (κ3) is 4.76. The SMILES string of the molecule is C=CCNC(=NCCc1ccco1)N1CCOC(c2ccccc2C)C1. The molecule has 0 radical (unpaired) electrons. The van der Waals surface area contributed by atoms with Crippen molar-refractivity contribution >= 4 is 5.96 Å². The quantitative estimate of drug-likeness (QED) is 0.492. The highest BCUT2D eigenvalue weighted by molar-refractivity contribution is 5.80. The van der Waals surface area contributed by atoms with Crippen LogP contribution in [0, 0.1) is 6.92 Å². The van der Waals surface area contributed by atoms with Crippen molar-refractivity contribution in [1.82, 2.24) is 10.2 Å². The summed E-state index contributed by atoms with van der Waals surface area (Å²) in [6.07, 6.45) is 4.40. The van der Waals surface area contributed by atoms with Crippen molar-refractivity contribution in [3.63, 3.8) is 0 Å². The van der Waals surface area contributed by atoms with E-state index in [0.717, 1.165) is 31.2 Å². The van der Waals surface area contributed by atoms with Crippen LogP contribution in [0.3, 0.4) is 0 Å². The van der Waals surface area contributed by atoms with E-state index in [1.54, 1.807) is 6.26 Å². The molecule has 1 aromatic carbocycles. The second kappa shape index (κ2) is 9.25. The van der Waals surface area contributed by atoms with E-state index in [1.165, 1.54) is 11.1 Å². The molecule has 1 saturated heterocycles. The van der Waals surface area contributed by atoms with Gasteiger partial charge in [0.05, 0.1) is 19.4 Å². The van der Waals surface area contributed by atoms with Crippen LogP contribution in [0.25, 0.3) is 0 Å². The van der Waals surface area contributed by atoms with E-state index in [9.17, 15) is 0 Å². The molecule has 0 spiro atoms. The first-order chi connectivity index (χ1) is 12.8. The summed E-state index contributed by atoms with van der Waals surface area (Å²) >= 11 is 0. The average molecular weight is 353 g/mol. The number of furan rings is 1. The zero-order valence-corrected chi connectivity index (χ0v) is 15.4. The average Bonchev–Trinajstić information content (AvgIpc) is 3.18. The van der Waals surface area contributed by atoms with Crippen molar-refractivity contribution in [2.24, 2.45) is 4.99 Å². The van der Waals surface area contributed by atoms with Crippen molar-refractivity contribution in [2.45, 2.75) is 19.4 Å². The van der Waals surface area contributed by atoms with Gasteiger partial charge in [0, 0.05) is 26.1 Å². The van der Waals surface area contributed by atoms with Gasteiger partial charge in [0.1, 0.15) is 11.9 Å². The van der Waals surface area contributed by atoms with Gasteiger partial charge in [-0.15, -0.1) is 6.58 Å². The standard InChI is InChI=1S/C21H27N3O2/c1-3-11-22-21(23-12-10-18-8-6-14-25-18)24-13-15-26-20(16-24)19-9-5-4-7-17(19)2/h3-9,14,20H,1,10-13,15-16H2,2H3,(H,22,23). The van der Waals surface area contributed by atoms with Gasteiger partial charge in [0.15, 0.2) is 5.96 Å². The fraction of sp³-hybridized carbons (Fsp3) is 0.381. The van der Waals surface area contributed by atoms with Crippen LogP contribution in [-0.2, 0) is 11.2 Å². The molecule has 26 heavy (non-hydrogen) atoms. The Morgan fingerprint density at radius 3 is 3.00 bits per heavy atom. The lowest BCUT2D eigenvalue weighted by molar-refractivity contribution is -0.00829. The van der Waals surface area contributed by atoms with Crippen LogP contribution in [0.1, 0.15) is 23.0 Å². The van der Waals surface area contributed by atoms with Crippen LogP contribution in [0.2, 0.25) is 0 Å². The van der Waals surface area contributed by atoms with E-state index in [0.29, 0.717) is 19.7 Å². The zero-order chi connectivity index (χ0) is 18.2. The second-order valence-corrected chi connectivity index (χ2v) is 6.37. The Hall–Kier alpha value is -2.53. The van der Waals surface area contributed by atoms with Gasteiger partial charge in [-0.05, 0) is 30.2 Å². The van der Waals surface area contributed by atoms with Gasteiger partial charge in [0.2, 0.25) is 0 Å². The lowest BCUT2D eigenvalue weighted by Gasteiger charge is -2.35. The molecule has 5 heteroatoms. The zero-order valence-electron chi connectivity index (χ0n) is 15.4. The van der Waals surface area contributed by atoms with Gasteiger partial charge in [-0.3, -0.25) is 4.99 Å². The van der Waals surface area contributed by atoms with E-state index in [2.05, 4.69) is 48.0 Å². The van der Waals surface area contributed by atoms with Crippen LogP contribution in [0.5, 0.6) is 0 Å². The van der Waals surface area contributed by atoms with E-state index >= 15 is 0 Å². The van der Waals surface area contributed by atoms with Crippen molar-refractivity contribution in [3.05, 3.63) is 72.2 Å². The summed E-state index contributed by atoms with van der Waals surface area (Å²) in [7, 11) is 0. The van der Waals surface area contributed by atoms with Gasteiger partial charge < -0.3 is 19.4 Å². The Balaban J connectivity index is 1.68. The maximum Gasteiger partial charge on any atom is 0.194 e.